The Hall–Kier alpha value is -1.90. The van der Waals surface area contributed by atoms with Gasteiger partial charge < -0.3 is 4.74 Å². The Bertz CT molecular complexity index is 684. The molecule has 3 heteroatoms. The van der Waals surface area contributed by atoms with Crippen LogP contribution in [0.5, 0.6) is 5.75 Å². The summed E-state index contributed by atoms with van der Waals surface area (Å²) in [6.45, 7) is 2.48. The predicted octanol–water partition coefficient (Wildman–Crippen LogP) is 3.97. The maximum atomic E-state index is 14.0. The zero-order chi connectivity index (χ0) is 13.2. The summed E-state index contributed by atoms with van der Waals surface area (Å²) < 4.78 is 33.5. The van der Waals surface area contributed by atoms with Crippen LogP contribution in [0, 0.1) is 17.0 Å². The van der Waals surface area contributed by atoms with Crippen molar-refractivity contribution in [1.29, 1.82) is 0 Å². The fourth-order valence-electron chi connectivity index (χ4n) is 3.38. The smallest absolute Gasteiger partial charge is 0.168 e. The van der Waals surface area contributed by atoms with Crippen molar-refractivity contribution in [3.63, 3.8) is 0 Å². The molecule has 0 saturated heterocycles. The Morgan fingerprint density at radius 1 is 1.26 bits per heavy atom. The van der Waals surface area contributed by atoms with E-state index in [1.54, 1.807) is 6.08 Å². The fourth-order valence-corrected chi connectivity index (χ4v) is 3.38. The topological polar surface area (TPSA) is 9.23 Å². The maximum Gasteiger partial charge on any atom is 0.168 e. The van der Waals surface area contributed by atoms with E-state index in [-0.39, 0.29) is 17.1 Å². The molecule has 1 nitrogen and oxygen atoms in total. The maximum absolute atomic E-state index is 14.0. The molecule has 0 N–H and O–H groups in total. The van der Waals surface area contributed by atoms with E-state index in [1.165, 1.54) is 0 Å². The number of benzene rings is 1. The SMILES string of the molecule is CC12C=CC=C3C=Cc4c(F)cc(F)c(c4C31)OC2. The summed E-state index contributed by atoms with van der Waals surface area (Å²) in [4.78, 5) is 0. The van der Waals surface area contributed by atoms with E-state index in [9.17, 15) is 8.78 Å². The van der Waals surface area contributed by atoms with Crippen LogP contribution in [-0.4, -0.2) is 6.61 Å². The summed E-state index contributed by atoms with van der Waals surface area (Å²) >= 11 is 0. The van der Waals surface area contributed by atoms with E-state index in [0.29, 0.717) is 17.7 Å². The van der Waals surface area contributed by atoms with Gasteiger partial charge in [0, 0.05) is 28.5 Å². The second-order valence-corrected chi connectivity index (χ2v) is 5.58. The molecule has 1 aromatic rings. The van der Waals surface area contributed by atoms with Crippen LogP contribution in [-0.2, 0) is 0 Å². The molecule has 0 bridgehead atoms. The van der Waals surface area contributed by atoms with Crippen molar-refractivity contribution in [2.24, 2.45) is 5.41 Å². The van der Waals surface area contributed by atoms with E-state index >= 15 is 0 Å². The van der Waals surface area contributed by atoms with Crippen LogP contribution >= 0.6 is 0 Å². The molecule has 3 aliphatic rings. The Balaban J connectivity index is 2.10. The van der Waals surface area contributed by atoms with Gasteiger partial charge in [-0.1, -0.05) is 37.3 Å². The molecule has 0 aromatic heterocycles. The van der Waals surface area contributed by atoms with E-state index < -0.39 is 11.6 Å². The lowest BCUT2D eigenvalue weighted by molar-refractivity contribution is 0.150. The molecular weight excluding hydrogens is 246 g/mol. The van der Waals surface area contributed by atoms with Gasteiger partial charge in [0.15, 0.2) is 11.6 Å². The fraction of sp³-hybridized carbons (Fsp3) is 0.250. The van der Waals surface area contributed by atoms with Crippen LogP contribution in [0.1, 0.15) is 24.0 Å². The van der Waals surface area contributed by atoms with Crippen molar-refractivity contribution in [3.8, 4) is 5.75 Å². The second-order valence-electron chi connectivity index (χ2n) is 5.58. The minimum absolute atomic E-state index is 0.0218. The Morgan fingerprint density at radius 2 is 2.11 bits per heavy atom. The third-order valence-electron chi connectivity index (χ3n) is 4.28. The van der Waals surface area contributed by atoms with Crippen molar-refractivity contribution >= 4 is 6.08 Å². The standard InChI is InChI=1S/C16H12F2O/c1-16-6-2-3-9-4-5-10-11(17)7-12(18)15(19-8-16)13(10)14(9)16/h2-7,14H,8H2,1H3. The van der Waals surface area contributed by atoms with E-state index in [2.05, 4.69) is 13.0 Å². The van der Waals surface area contributed by atoms with Crippen molar-refractivity contribution in [3.05, 3.63) is 58.7 Å². The van der Waals surface area contributed by atoms with Crippen molar-refractivity contribution in [2.45, 2.75) is 12.8 Å². The van der Waals surface area contributed by atoms with Gasteiger partial charge in [-0.3, -0.25) is 0 Å². The van der Waals surface area contributed by atoms with Gasteiger partial charge in [0.2, 0.25) is 0 Å². The molecule has 1 aliphatic heterocycles. The van der Waals surface area contributed by atoms with E-state index in [1.807, 2.05) is 18.2 Å². The normalized spacial score (nSPS) is 29.6. The van der Waals surface area contributed by atoms with E-state index in [4.69, 9.17) is 4.74 Å². The van der Waals surface area contributed by atoms with Gasteiger partial charge >= 0.3 is 0 Å². The first-order valence-electron chi connectivity index (χ1n) is 6.32. The van der Waals surface area contributed by atoms with Crippen LogP contribution in [0.4, 0.5) is 8.78 Å². The quantitative estimate of drug-likeness (QED) is 0.684. The second kappa shape index (κ2) is 3.35. The average Bonchev–Trinajstić information content (AvgIpc) is 2.38. The summed E-state index contributed by atoms with van der Waals surface area (Å²) in [7, 11) is 0. The van der Waals surface area contributed by atoms with Crippen LogP contribution in [0.15, 0.2) is 35.9 Å². The lowest BCUT2D eigenvalue weighted by atomic mass is 9.63. The molecule has 1 heterocycles. The molecule has 2 unspecified atom stereocenters. The minimum atomic E-state index is -0.609. The van der Waals surface area contributed by atoms with E-state index in [0.717, 1.165) is 11.6 Å². The average molecular weight is 258 g/mol. The van der Waals surface area contributed by atoms with Gasteiger partial charge in [-0.15, -0.1) is 0 Å². The molecule has 96 valence electrons. The van der Waals surface area contributed by atoms with Gasteiger partial charge in [-0.25, -0.2) is 8.78 Å². The largest absolute Gasteiger partial charge is 0.489 e. The lowest BCUT2D eigenvalue weighted by Crippen LogP contribution is -2.38. The molecule has 1 aromatic carbocycles. The minimum Gasteiger partial charge on any atom is -0.489 e. The molecule has 0 saturated carbocycles. The monoisotopic (exact) mass is 258 g/mol. The first kappa shape index (κ1) is 11.0. The molecule has 0 fully saturated rings. The highest BCUT2D eigenvalue weighted by Gasteiger charge is 2.45. The number of hydrogen-bond acceptors (Lipinski definition) is 1. The summed E-state index contributed by atoms with van der Waals surface area (Å²) in [6.07, 6.45) is 9.69. The summed E-state index contributed by atoms with van der Waals surface area (Å²) in [5.74, 6) is -0.938. The molecule has 0 spiro atoms. The highest BCUT2D eigenvalue weighted by atomic mass is 19.1. The lowest BCUT2D eigenvalue weighted by Gasteiger charge is -2.44. The number of rotatable bonds is 0. The number of ether oxygens (including phenoxy) is 1. The Kier molecular flexibility index (Phi) is 1.93. The van der Waals surface area contributed by atoms with Gasteiger partial charge in [-0.05, 0) is 5.57 Å². The van der Waals surface area contributed by atoms with Gasteiger partial charge in [0.1, 0.15) is 5.82 Å². The Morgan fingerprint density at radius 3 is 2.95 bits per heavy atom. The van der Waals surface area contributed by atoms with Crippen LogP contribution in [0.25, 0.3) is 6.08 Å². The zero-order valence-electron chi connectivity index (χ0n) is 10.4. The molecule has 2 aliphatic carbocycles. The molecule has 0 radical (unpaired) electrons. The molecule has 4 rings (SSSR count). The highest BCUT2D eigenvalue weighted by Crippen LogP contribution is 2.55. The zero-order valence-corrected chi connectivity index (χ0v) is 10.4. The molecular formula is C16H12F2O. The van der Waals surface area contributed by atoms with Gasteiger partial charge in [0.05, 0.1) is 6.61 Å². The van der Waals surface area contributed by atoms with Crippen molar-refractivity contribution < 1.29 is 13.5 Å². The first-order chi connectivity index (χ1) is 9.10. The van der Waals surface area contributed by atoms with Gasteiger partial charge in [-0.2, -0.15) is 0 Å². The number of halogens is 2. The predicted molar refractivity (Wildman–Crippen MR) is 69.0 cm³/mol. The third-order valence-corrected chi connectivity index (χ3v) is 4.28. The number of hydrogen-bond donors (Lipinski definition) is 0. The van der Waals surface area contributed by atoms with Crippen molar-refractivity contribution in [1.82, 2.24) is 0 Å². The van der Waals surface area contributed by atoms with Crippen molar-refractivity contribution in [2.75, 3.05) is 6.61 Å². The van der Waals surface area contributed by atoms with Crippen LogP contribution in [0.2, 0.25) is 0 Å². The Labute approximate surface area is 109 Å². The first-order valence-corrected chi connectivity index (χ1v) is 6.32. The summed E-state index contributed by atoms with van der Waals surface area (Å²) in [5.41, 5.74) is 1.97. The molecule has 19 heavy (non-hydrogen) atoms. The van der Waals surface area contributed by atoms with Gasteiger partial charge in [0.25, 0.3) is 0 Å². The molecule has 2 atom stereocenters. The summed E-state index contributed by atoms with van der Waals surface area (Å²) in [5, 5.41) is 0. The third kappa shape index (κ3) is 1.28. The van der Waals surface area contributed by atoms with Crippen LogP contribution in [0.3, 0.4) is 0 Å². The highest BCUT2D eigenvalue weighted by molar-refractivity contribution is 5.70. The number of allylic oxidation sites excluding steroid dienone is 4. The molecule has 0 amide bonds. The summed E-state index contributed by atoms with van der Waals surface area (Å²) in [6, 6.07) is 0.911. The van der Waals surface area contributed by atoms with Crippen LogP contribution < -0.4 is 4.74 Å².